The van der Waals surface area contributed by atoms with Gasteiger partial charge in [-0.25, -0.2) is 0 Å². The molecule has 3 aliphatic heterocycles. The van der Waals surface area contributed by atoms with E-state index in [-0.39, 0.29) is 17.9 Å². The Balaban J connectivity index is 1.63. The molecule has 3 aliphatic rings. The SMILES string of the molecule is CC[C@@H]1CN(C(=O)[C@H](C)N2CCCCC2=O)C[C@H]1N1CCOCC1. The third-order valence-corrected chi connectivity index (χ3v) is 5.94. The van der Waals surface area contributed by atoms with Crippen molar-refractivity contribution < 1.29 is 14.3 Å². The fourth-order valence-electron chi connectivity index (χ4n) is 4.39. The minimum atomic E-state index is -0.321. The molecule has 0 aromatic heterocycles. The number of rotatable bonds is 4. The minimum absolute atomic E-state index is 0.124. The van der Waals surface area contributed by atoms with E-state index >= 15 is 0 Å². The van der Waals surface area contributed by atoms with E-state index in [9.17, 15) is 9.59 Å². The summed E-state index contributed by atoms with van der Waals surface area (Å²) in [6.45, 7) is 9.96. The van der Waals surface area contributed by atoms with Crippen molar-refractivity contribution in [2.24, 2.45) is 5.92 Å². The van der Waals surface area contributed by atoms with Gasteiger partial charge in [0.25, 0.3) is 0 Å². The minimum Gasteiger partial charge on any atom is -0.379 e. The summed E-state index contributed by atoms with van der Waals surface area (Å²) in [5.74, 6) is 0.786. The summed E-state index contributed by atoms with van der Waals surface area (Å²) in [5, 5.41) is 0. The molecular formula is C18H31N3O3. The first kappa shape index (κ1) is 17.7. The summed E-state index contributed by atoms with van der Waals surface area (Å²) in [7, 11) is 0. The molecule has 3 rings (SSSR count). The largest absolute Gasteiger partial charge is 0.379 e. The maximum Gasteiger partial charge on any atom is 0.245 e. The van der Waals surface area contributed by atoms with Crippen LogP contribution >= 0.6 is 0 Å². The van der Waals surface area contributed by atoms with Gasteiger partial charge in [-0.1, -0.05) is 13.3 Å². The van der Waals surface area contributed by atoms with Gasteiger partial charge in [-0.2, -0.15) is 0 Å². The van der Waals surface area contributed by atoms with E-state index < -0.39 is 0 Å². The highest BCUT2D eigenvalue weighted by molar-refractivity contribution is 5.88. The van der Waals surface area contributed by atoms with E-state index in [1.807, 2.05) is 11.8 Å². The van der Waals surface area contributed by atoms with Gasteiger partial charge in [0, 0.05) is 45.2 Å². The lowest BCUT2D eigenvalue weighted by atomic mass is 9.99. The fourth-order valence-corrected chi connectivity index (χ4v) is 4.39. The quantitative estimate of drug-likeness (QED) is 0.767. The number of amides is 2. The summed E-state index contributed by atoms with van der Waals surface area (Å²) in [4.78, 5) is 31.4. The van der Waals surface area contributed by atoms with Gasteiger partial charge < -0.3 is 14.5 Å². The number of likely N-dealkylation sites (tertiary alicyclic amines) is 2. The van der Waals surface area contributed by atoms with Crippen molar-refractivity contribution in [2.45, 2.75) is 51.6 Å². The van der Waals surface area contributed by atoms with Crippen molar-refractivity contribution in [1.29, 1.82) is 0 Å². The van der Waals surface area contributed by atoms with Gasteiger partial charge in [-0.15, -0.1) is 0 Å². The third kappa shape index (κ3) is 3.59. The first-order valence-corrected chi connectivity index (χ1v) is 9.52. The van der Waals surface area contributed by atoms with Crippen LogP contribution in [0.4, 0.5) is 0 Å². The molecule has 3 heterocycles. The maximum atomic E-state index is 13.0. The highest BCUT2D eigenvalue weighted by Gasteiger charge is 2.40. The van der Waals surface area contributed by atoms with Gasteiger partial charge in [0.05, 0.1) is 13.2 Å². The average molecular weight is 337 g/mol. The van der Waals surface area contributed by atoms with Crippen molar-refractivity contribution in [3.05, 3.63) is 0 Å². The first-order valence-electron chi connectivity index (χ1n) is 9.52. The second-order valence-electron chi connectivity index (χ2n) is 7.35. The van der Waals surface area contributed by atoms with E-state index in [2.05, 4.69) is 11.8 Å². The highest BCUT2D eigenvalue weighted by Crippen LogP contribution is 2.27. The number of hydrogen-bond acceptors (Lipinski definition) is 4. The Labute approximate surface area is 145 Å². The predicted octanol–water partition coefficient (Wildman–Crippen LogP) is 0.957. The van der Waals surface area contributed by atoms with E-state index in [4.69, 9.17) is 4.74 Å². The number of ether oxygens (including phenoxy) is 1. The Bertz CT molecular complexity index is 464. The lowest BCUT2D eigenvalue weighted by Gasteiger charge is -2.35. The van der Waals surface area contributed by atoms with Crippen molar-refractivity contribution >= 4 is 11.8 Å². The van der Waals surface area contributed by atoms with Crippen molar-refractivity contribution in [2.75, 3.05) is 45.9 Å². The molecule has 0 spiro atoms. The standard InChI is InChI=1S/C18H31N3O3/c1-3-15-12-20(13-16(15)19-8-10-24-11-9-19)18(23)14(2)21-7-5-4-6-17(21)22/h14-16H,3-13H2,1-2H3/t14-,15+,16+/m0/s1. The van der Waals surface area contributed by atoms with Crippen molar-refractivity contribution in [1.82, 2.24) is 14.7 Å². The van der Waals surface area contributed by atoms with Crippen molar-refractivity contribution in [3.8, 4) is 0 Å². The fraction of sp³-hybridized carbons (Fsp3) is 0.889. The summed E-state index contributed by atoms with van der Waals surface area (Å²) < 4.78 is 5.47. The molecule has 6 heteroatoms. The normalized spacial score (nSPS) is 30.7. The molecule has 24 heavy (non-hydrogen) atoms. The lowest BCUT2D eigenvalue weighted by molar-refractivity contribution is -0.146. The summed E-state index contributed by atoms with van der Waals surface area (Å²) >= 11 is 0. The van der Waals surface area contributed by atoms with Crippen LogP contribution in [0.5, 0.6) is 0 Å². The van der Waals surface area contributed by atoms with Crippen LogP contribution < -0.4 is 0 Å². The molecule has 2 amide bonds. The Kier molecular flexibility index (Phi) is 5.76. The molecule has 0 aromatic carbocycles. The van der Waals surface area contributed by atoms with E-state index in [0.29, 0.717) is 18.4 Å². The van der Waals surface area contributed by atoms with Gasteiger partial charge in [0.2, 0.25) is 11.8 Å². The smallest absolute Gasteiger partial charge is 0.245 e. The lowest BCUT2D eigenvalue weighted by Crippen LogP contribution is -2.51. The number of morpholine rings is 1. The average Bonchev–Trinajstić information content (AvgIpc) is 3.06. The molecule has 0 saturated carbocycles. The Morgan fingerprint density at radius 2 is 1.96 bits per heavy atom. The second-order valence-corrected chi connectivity index (χ2v) is 7.35. The summed E-state index contributed by atoms with van der Waals surface area (Å²) in [6.07, 6.45) is 3.64. The molecule has 0 aromatic rings. The number of hydrogen-bond donors (Lipinski definition) is 0. The predicted molar refractivity (Wildman–Crippen MR) is 91.6 cm³/mol. The summed E-state index contributed by atoms with van der Waals surface area (Å²) in [6, 6.07) is 0.117. The van der Waals surface area contributed by atoms with Crippen LogP contribution in [0.2, 0.25) is 0 Å². The van der Waals surface area contributed by atoms with E-state index in [1.54, 1.807) is 4.90 Å². The molecule has 0 bridgehead atoms. The van der Waals surface area contributed by atoms with E-state index in [0.717, 1.165) is 65.2 Å². The molecule has 3 atom stereocenters. The van der Waals surface area contributed by atoms with Crippen LogP contribution in [0.25, 0.3) is 0 Å². The highest BCUT2D eigenvalue weighted by atomic mass is 16.5. The monoisotopic (exact) mass is 337 g/mol. The molecule has 0 unspecified atom stereocenters. The molecule has 3 fully saturated rings. The van der Waals surface area contributed by atoms with Crippen molar-refractivity contribution in [3.63, 3.8) is 0 Å². The van der Waals surface area contributed by atoms with Crippen LogP contribution in [-0.2, 0) is 14.3 Å². The van der Waals surface area contributed by atoms with Crippen LogP contribution in [0.3, 0.4) is 0 Å². The maximum absolute atomic E-state index is 13.0. The number of carbonyl (C=O) groups excluding carboxylic acids is 2. The van der Waals surface area contributed by atoms with Gasteiger partial charge in [-0.05, 0) is 25.7 Å². The second kappa shape index (κ2) is 7.83. The van der Waals surface area contributed by atoms with Gasteiger partial charge in [0.1, 0.15) is 6.04 Å². The zero-order chi connectivity index (χ0) is 17.1. The molecular weight excluding hydrogens is 306 g/mol. The Morgan fingerprint density at radius 3 is 2.62 bits per heavy atom. The molecule has 0 radical (unpaired) electrons. The topological polar surface area (TPSA) is 53.1 Å². The van der Waals surface area contributed by atoms with Crippen LogP contribution in [-0.4, -0.2) is 84.5 Å². The van der Waals surface area contributed by atoms with Crippen LogP contribution in [0.15, 0.2) is 0 Å². The number of piperidine rings is 1. The zero-order valence-electron chi connectivity index (χ0n) is 15.1. The third-order valence-electron chi connectivity index (χ3n) is 5.94. The van der Waals surface area contributed by atoms with Gasteiger partial charge in [0.15, 0.2) is 0 Å². The van der Waals surface area contributed by atoms with Gasteiger partial charge >= 0.3 is 0 Å². The number of nitrogens with zero attached hydrogens (tertiary/aromatic N) is 3. The van der Waals surface area contributed by atoms with Gasteiger partial charge in [-0.3, -0.25) is 14.5 Å². The first-order chi connectivity index (χ1) is 11.6. The Morgan fingerprint density at radius 1 is 1.21 bits per heavy atom. The molecule has 0 aliphatic carbocycles. The van der Waals surface area contributed by atoms with E-state index in [1.165, 1.54) is 0 Å². The molecule has 3 saturated heterocycles. The molecule has 0 N–H and O–H groups in total. The molecule has 6 nitrogen and oxygen atoms in total. The zero-order valence-corrected chi connectivity index (χ0v) is 15.1. The summed E-state index contributed by atoms with van der Waals surface area (Å²) in [5.41, 5.74) is 0. The van der Waals surface area contributed by atoms with Crippen LogP contribution in [0.1, 0.15) is 39.5 Å². The molecule has 136 valence electrons. The van der Waals surface area contributed by atoms with Crippen LogP contribution in [0, 0.1) is 5.92 Å². The number of carbonyl (C=O) groups is 2. The Hall–Kier alpha value is -1.14.